The first-order valence-corrected chi connectivity index (χ1v) is 5.42. The number of nitrogens with zero attached hydrogens (tertiary/aromatic N) is 1. The summed E-state index contributed by atoms with van der Waals surface area (Å²) in [5.74, 6) is 0. The van der Waals surface area contributed by atoms with Crippen LogP contribution >= 0.6 is 0 Å². The van der Waals surface area contributed by atoms with Crippen LogP contribution in [-0.2, 0) is 9.47 Å². The van der Waals surface area contributed by atoms with E-state index in [4.69, 9.17) is 9.47 Å². The molecule has 0 spiro atoms. The van der Waals surface area contributed by atoms with E-state index in [2.05, 4.69) is 32.6 Å². The summed E-state index contributed by atoms with van der Waals surface area (Å²) >= 11 is 0. The molecule has 0 aromatic heterocycles. The van der Waals surface area contributed by atoms with Crippen LogP contribution < -0.4 is 0 Å². The second-order valence-electron chi connectivity index (χ2n) is 4.03. The van der Waals surface area contributed by atoms with Gasteiger partial charge in [-0.3, -0.25) is 4.90 Å². The molecule has 0 amide bonds. The summed E-state index contributed by atoms with van der Waals surface area (Å²) in [7, 11) is 1.69. The van der Waals surface area contributed by atoms with Crippen molar-refractivity contribution in [3.05, 3.63) is 0 Å². The van der Waals surface area contributed by atoms with Gasteiger partial charge in [-0.15, -0.1) is 0 Å². The molecular formula is C11H25NO2. The first-order valence-electron chi connectivity index (χ1n) is 5.42. The van der Waals surface area contributed by atoms with Gasteiger partial charge in [0.2, 0.25) is 0 Å². The van der Waals surface area contributed by atoms with Gasteiger partial charge in [0.25, 0.3) is 0 Å². The molecule has 0 bridgehead atoms. The lowest BCUT2D eigenvalue weighted by molar-refractivity contribution is 0.0453. The van der Waals surface area contributed by atoms with Gasteiger partial charge >= 0.3 is 0 Å². The van der Waals surface area contributed by atoms with Crippen LogP contribution in [0.4, 0.5) is 0 Å². The van der Waals surface area contributed by atoms with Crippen LogP contribution in [0.15, 0.2) is 0 Å². The summed E-state index contributed by atoms with van der Waals surface area (Å²) in [6, 6.07) is 1.17. The van der Waals surface area contributed by atoms with E-state index in [1.165, 1.54) is 0 Å². The molecule has 0 aliphatic carbocycles. The lowest BCUT2D eigenvalue weighted by Gasteiger charge is -2.30. The van der Waals surface area contributed by atoms with Crippen LogP contribution in [-0.4, -0.2) is 50.5 Å². The first-order chi connectivity index (χ1) is 6.59. The van der Waals surface area contributed by atoms with E-state index >= 15 is 0 Å². The molecule has 14 heavy (non-hydrogen) atoms. The summed E-state index contributed by atoms with van der Waals surface area (Å²) < 4.78 is 10.3. The van der Waals surface area contributed by atoms with Crippen molar-refractivity contribution in [3.63, 3.8) is 0 Å². The molecule has 0 aromatic carbocycles. The van der Waals surface area contributed by atoms with Crippen LogP contribution in [0, 0.1) is 0 Å². The molecule has 0 aliphatic heterocycles. The molecular weight excluding hydrogens is 178 g/mol. The van der Waals surface area contributed by atoms with Crippen molar-refractivity contribution in [2.24, 2.45) is 0 Å². The van der Waals surface area contributed by atoms with Crippen LogP contribution in [0.1, 0.15) is 27.7 Å². The molecule has 0 aromatic rings. The molecule has 0 radical (unpaired) electrons. The molecule has 0 atom stereocenters. The molecule has 0 rings (SSSR count). The van der Waals surface area contributed by atoms with Crippen molar-refractivity contribution in [1.29, 1.82) is 0 Å². The molecule has 86 valence electrons. The minimum Gasteiger partial charge on any atom is -0.382 e. The topological polar surface area (TPSA) is 21.7 Å². The Morgan fingerprint density at radius 3 is 1.93 bits per heavy atom. The van der Waals surface area contributed by atoms with E-state index in [9.17, 15) is 0 Å². The minimum atomic E-state index is 0.584. The molecule has 0 heterocycles. The van der Waals surface area contributed by atoms with E-state index in [0.717, 1.165) is 13.2 Å². The highest BCUT2D eigenvalue weighted by atomic mass is 16.5. The molecule has 3 heteroatoms. The van der Waals surface area contributed by atoms with E-state index in [0.29, 0.717) is 25.3 Å². The van der Waals surface area contributed by atoms with Crippen LogP contribution in [0.3, 0.4) is 0 Å². The zero-order valence-corrected chi connectivity index (χ0v) is 10.2. The molecule has 0 N–H and O–H groups in total. The third-order valence-corrected chi connectivity index (χ3v) is 2.25. The van der Waals surface area contributed by atoms with Crippen molar-refractivity contribution in [1.82, 2.24) is 4.90 Å². The standard InChI is InChI=1S/C11H25NO2/c1-10(2)12(11(3)4)6-7-14-9-8-13-5/h10-11H,6-9H2,1-5H3. The minimum absolute atomic E-state index is 0.584. The number of methoxy groups -OCH3 is 1. The normalized spacial score (nSPS) is 12.0. The van der Waals surface area contributed by atoms with Crippen molar-refractivity contribution in [2.45, 2.75) is 39.8 Å². The van der Waals surface area contributed by atoms with Crippen LogP contribution in [0.2, 0.25) is 0 Å². The Morgan fingerprint density at radius 1 is 0.929 bits per heavy atom. The number of ether oxygens (including phenoxy) is 2. The predicted molar refractivity (Wildman–Crippen MR) is 59.7 cm³/mol. The summed E-state index contributed by atoms with van der Waals surface area (Å²) in [6.07, 6.45) is 0. The Kier molecular flexibility index (Phi) is 8.14. The van der Waals surface area contributed by atoms with E-state index in [-0.39, 0.29) is 0 Å². The lowest BCUT2D eigenvalue weighted by atomic mass is 10.2. The Balaban J connectivity index is 3.52. The maximum Gasteiger partial charge on any atom is 0.0700 e. The van der Waals surface area contributed by atoms with Crippen LogP contribution in [0.25, 0.3) is 0 Å². The fourth-order valence-electron chi connectivity index (χ4n) is 1.53. The Hall–Kier alpha value is -0.120. The maximum atomic E-state index is 5.44. The largest absolute Gasteiger partial charge is 0.382 e. The highest BCUT2D eigenvalue weighted by molar-refractivity contribution is 4.66. The lowest BCUT2D eigenvalue weighted by Crippen LogP contribution is -2.39. The van der Waals surface area contributed by atoms with Crippen molar-refractivity contribution in [3.8, 4) is 0 Å². The van der Waals surface area contributed by atoms with Gasteiger partial charge in [-0.25, -0.2) is 0 Å². The van der Waals surface area contributed by atoms with E-state index in [1.54, 1.807) is 7.11 Å². The van der Waals surface area contributed by atoms with E-state index in [1.807, 2.05) is 0 Å². The number of hydrogen-bond acceptors (Lipinski definition) is 3. The SMILES string of the molecule is COCCOCCN(C(C)C)C(C)C. The fourth-order valence-corrected chi connectivity index (χ4v) is 1.53. The molecule has 0 saturated heterocycles. The Labute approximate surface area is 88.4 Å². The summed E-state index contributed by atoms with van der Waals surface area (Å²) in [5, 5.41) is 0. The first kappa shape index (κ1) is 13.9. The highest BCUT2D eigenvalue weighted by Gasteiger charge is 2.12. The summed E-state index contributed by atoms with van der Waals surface area (Å²) in [4.78, 5) is 2.42. The van der Waals surface area contributed by atoms with Gasteiger partial charge in [-0.1, -0.05) is 0 Å². The van der Waals surface area contributed by atoms with Crippen molar-refractivity contribution < 1.29 is 9.47 Å². The van der Waals surface area contributed by atoms with Gasteiger partial charge in [-0.2, -0.15) is 0 Å². The summed E-state index contributed by atoms with van der Waals surface area (Å²) in [5.41, 5.74) is 0. The summed E-state index contributed by atoms with van der Waals surface area (Å²) in [6.45, 7) is 12.0. The Morgan fingerprint density at radius 2 is 1.50 bits per heavy atom. The smallest absolute Gasteiger partial charge is 0.0700 e. The van der Waals surface area contributed by atoms with Crippen LogP contribution in [0.5, 0.6) is 0 Å². The monoisotopic (exact) mass is 203 g/mol. The highest BCUT2D eigenvalue weighted by Crippen LogP contribution is 2.03. The zero-order valence-electron chi connectivity index (χ0n) is 10.2. The van der Waals surface area contributed by atoms with E-state index < -0.39 is 0 Å². The Bertz CT molecular complexity index is 118. The predicted octanol–water partition coefficient (Wildman–Crippen LogP) is 1.77. The quantitative estimate of drug-likeness (QED) is 0.561. The fraction of sp³-hybridized carbons (Fsp3) is 1.00. The van der Waals surface area contributed by atoms with Gasteiger partial charge in [-0.05, 0) is 27.7 Å². The van der Waals surface area contributed by atoms with Crippen molar-refractivity contribution in [2.75, 3.05) is 33.5 Å². The second-order valence-corrected chi connectivity index (χ2v) is 4.03. The number of hydrogen-bond donors (Lipinski definition) is 0. The van der Waals surface area contributed by atoms with Gasteiger partial charge in [0.1, 0.15) is 0 Å². The van der Waals surface area contributed by atoms with Crippen molar-refractivity contribution >= 4 is 0 Å². The molecule has 0 unspecified atom stereocenters. The molecule has 3 nitrogen and oxygen atoms in total. The van der Waals surface area contributed by atoms with Gasteiger partial charge in [0.15, 0.2) is 0 Å². The third kappa shape index (κ3) is 6.35. The third-order valence-electron chi connectivity index (χ3n) is 2.25. The second kappa shape index (κ2) is 8.21. The van der Waals surface area contributed by atoms with Gasteiger partial charge in [0, 0.05) is 25.7 Å². The number of rotatable bonds is 8. The average Bonchev–Trinajstić information content (AvgIpc) is 2.09. The van der Waals surface area contributed by atoms with Gasteiger partial charge < -0.3 is 9.47 Å². The maximum absolute atomic E-state index is 5.44. The molecule has 0 fully saturated rings. The average molecular weight is 203 g/mol. The molecule has 0 saturated carbocycles. The van der Waals surface area contributed by atoms with Gasteiger partial charge in [0.05, 0.1) is 19.8 Å². The molecule has 0 aliphatic rings. The zero-order chi connectivity index (χ0) is 11.0.